The maximum absolute atomic E-state index is 13.4. The van der Waals surface area contributed by atoms with Crippen LogP contribution in [-0.4, -0.2) is 19.9 Å². The van der Waals surface area contributed by atoms with Crippen molar-refractivity contribution in [2.24, 2.45) is 0 Å². The minimum atomic E-state index is -3.29. The molecule has 0 aliphatic rings. The molecule has 0 N–H and O–H groups in total. The molecule has 0 atom stereocenters. The SMILES string of the molecule is O=S(=O)(CCSc1ccccc1F)c1ccccc1. The Balaban J connectivity index is 1.98. The van der Waals surface area contributed by atoms with Crippen LogP contribution in [0.3, 0.4) is 0 Å². The monoisotopic (exact) mass is 296 g/mol. The van der Waals surface area contributed by atoms with E-state index in [1.54, 1.807) is 48.5 Å². The first-order valence-electron chi connectivity index (χ1n) is 5.75. The number of sulfone groups is 1. The predicted molar refractivity (Wildman–Crippen MR) is 75.6 cm³/mol. The smallest absolute Gasteiger partial charge is 0.179 e. The summed E-state index contributed by atoms with van der Waals surface area (Å²) < 4.78 is 37.4. The van der Waals surface area contributed by atoms with Crippen molar-refractivity contribution < 1.29 is 12.8 Å². The first kappa shape index (κ1) is 14.1. The summed E-state index contributed by atoms with van der Waals surface area (Å²) >= 11 is 1.21. The molecule has 0 amide bonds. The van der Waals surface area contributed by atoms with Crippen LogP contribution in [0.15, 0.2) is 64.4 Å². The number of thioether (sulfide) groups is 1. The number of hydrogen-bond acceptors (Lipinski definition) is 3. The van der Waals surface area contributed by atoms with Crippen LogP contribution in [0.4, 0.5) is 4.39 Å². The Kier molecular flexibility index (Phi) is 4.61. The zero-order valence-electron chi connectivity index (χ0n) is 10.1. The minimum Gasteiger partial charge on any atom is -0.224 e. The second-order valence-electron chi connectivity index (χ2n) is 3.91. The van der Waals surface area contributed by atoms with Gasteiger partial charge in [-0.3, -0.25) is 0 Å². The summed E-state index contributed by atoms with van der Waals surface area (Å²) in [7, 11) is -3.29. The van der Waals surface area contributed by atoms with Crippen molar-refractivity contribution in [2.45, 2.75) is 9.79 Å². The highest BCUT2D eigenvalue weighted by Gasteiger charge is 2.14. The number of benzene rings is 2. The molecule has 2 aromatic rings. The van der Waals surface area contributed by atoms with Crippen LogP contribution in [0.2, 0.25) is 0 Å². The van der Waals surface area contributed by atoms with E-state index in [4.69, 9.17) is 0 Å². The molecular weight excluding hydrogens is 283 g/mol. The maximum atomic E-state index is 13.4. The first-order chi connectivity index (χ1) is 9.09. The van der Waals surface area contributed by atoms with Gasteiger partial charge in [0.1, 0.15) is 5.82 Å². The normalized spacial score (nSPS) is 11.4. The van der Waals surface area contributed by atoms with Gasteiger partial charge in [0.25, 0.3) is 0 Å². The van der Waals surface area contributed by atoms with E-state index in [0.29, 0.717) is 15.5 Å². The fourth-order valence-corrected chi connectivity index (χ4v) is 4.19. The van der Waals surface area contributed by atoms with Gasteiger partial charge >= 0.3 is 0 Å². The van der Waals surface area contributed by atoms with Gasteiger partial charge in [0.2, 0.25) is 0 Å². The minimum absolute atomic E-state index is 0.00395. The summed E-state index contributed by atoms with van der Waals surface area (Å²) in [6, 6.07) is 14.7. The van der Waals surface area contributed by atoms with Gasteiger partial charge in [-0.05, 0) is 24.3 Å². The molecular formula is C14H13FO2S2. The lowest BCUT2D eigenvalue weighted by molar-refractivity contribution is 0.596. The summed E-state index contributed by atoms with van der Waals surface area (Å²) in [5.74, 6) is 0.0124. The Morgan fingerprint density at radius 3 is 2.26 bits per heavy atom. The number of halogens is 1. The molecule has 2 rings (SSSR count). The lowest BCUT2D eigenvalue weighted by atomic mass is 10.3. The molecule has 2 nitrogen and oxygen atoms in total. The van der Waals surface area contributed by atoms with E-state index in [1.165, 1.54) is 17.8 Å². The van der Waals surface area contributed by atoms with E-state index >= 15 is 0 Å². The lowest BCUT2D eigenvalue weighted by Gasteiger charge is -2.05. The van der Waals surface area contributed by atoms with Gasteiger partial charge in [-0.15, -0.1) is 11.8 Å². The van der Waals surface area contributed by atoms with Crippen LogP contribution in [0.5, 0.6) is 0 Å². The highest BCUT2D eigenvalue weighted by molar-refractivity contribution is 8.00. The van der Waals surface area contributed by atoms with Crippen LogP contribution < -0.4 is 0 Å². The van der Waals surface area contributed by atoms with Gasteiger partial charge in [-0.25, -0.2) is 12.8 Å². The van der Waals surface area contributed by atoms with E-state index in [0.717, 1.165) is 0 Å². The van der Waals surface area contributed by atoms with Gasteiger partial charge in [-0.1, -0.05) is 30.3 Å². The van der Waals surface area contributed by atoms with Gasteiger partial charge < -0.3 is 0 Å². The predicted octanol–water partition coefficient (Wildman–Crippen LogP) is 3.39. The molecule has 0 bridgehead atoms. The Morgan fingerprint density at radius 2 is 1.58 bits per heavy atom. The zero-order chi connectivity index (χ0) is 13.7. The van der Waals surface area contributed by atoms with Crippen molar-refractivity contribution in [1.29, 1.82) is 0 Å². The highest BCUT2D eigenvalue weighted by atomic mass is 32.2. The van der Waals surface area contributed by atoms with Crippen molar-refractivity contribution in [2.75, 3.05) is 11.5 Å². The Labute approximate surface area is 116 Å². The molecule has 100 valence electrons. The van der Waals surface area contributed by atoms with Crippen molar-refractivity contribution in [3.8, 4) is 0 Å². The summed E-state index contributed by atoms with van der Waals surface area (Å²) in [6.45, 7) is 0. The van der Waals surface area contributed by atoms with Gasteiger partial charge in [0.05, 0.1) is 10.6 Å². The third-order valence-corrected chi connectivity index (χ3v) is 5.59. The lowest BCUT2D eigenvalue weighted by Crippen LogP contribution is -2.08. The van der Waals surface area contributed by atoms with Crippen molar-refractivity contribution in [3.63, 3.8) is 0 Å². The molecule has 0 aliphatic carbocycles. The fourth-order valence-electron chi connectivity index (χ4n) is 1.57. The zero-order valence-corrected chi connectivity index (χ0v) is 11.8. The molecule has 5 heteroatoms. The third-order valence-electron chi connectivity index (χ3n) is 2.55. The standard InChI is InChI=1S/C14H13FO2S2/c15-13-8-4-5-9-14(13)18-10-11-19(16,17)12-6-2-1-3-7-12/h1-9H,10-11H2. The average Bonchev–Trinajstić information content (AvgIpc) is 2.42. The number of rotatable bonds is 5. The molecule has 0 aromatic heterocycles. The van der Waals surface area contributed by atoms with E-state index in [2.05, 4.69) is 0 Å². The summed E-state index contributed by atoms with van der Waals surface area (Å²) in [5.41, 5.74) is 0. The van der Waals surface area contributed by atoms with Crippen molar-refractivity contribution >= 4 is 21.6 Å². The van der Waals surface area contributed by atoms with E-state index < -0.39 is 9.84 Å². The van der Waals surface area contributed by atoms with Gasteiger partial charge in [0.15, 0.2) is 9.84 Å². The molecule has 2 aromatic carbocycles. The molecule has 0 saturated heterocycles. The van der Waals surface area contributed by atoms with E-state index in [-0.39, 0.29) is 11.6 Å². The van der Waals surface area contributed by atoms with Crippen LogP contribution in [0.1, 0.15) is 0 Å². The molecule has 0 radical (unpaired) electrons. The number of hydrogen-bond donors (Lipinski definition) is 0. The molecule has 0 heterocycles. The van der Waals surface area contributed by atoms with Crippen molar-refractivity contribution in [3.05, 3.63) is 60.4 Å². The molecule has 0 spiro atoms. The first-order valence-corrected chi connectivity index (χ1v) is 8.38. The van der Waals surface area contributed by atoms with Gasteiger partial charge in [-0.2, -0.15) is 0 Å². The molecule has 0 aliphatic heterocycles. The molecule has 0 saturated carbocycles. The van der Waals surface area contributed by atoms with Crippen LogP contribution in [-0.2, 0) is 9.84 Å². The van der Waals surface area contributed by atoms with E-state index in [1.807, 2.05) is 0 Å². The summed E-state index contributed by atoms with van der Waals surface area (Å²) in [5, 5.41) is 0. The highest BCUT2D eigenvalue weighted by Crippen LogP contribution is 2.22. The maximum Gasteiger partial charge on any atom is 0.179 e. The fraction of sp³-hybridized carbons (Fsp3) is 0.143. The topological polar surface area (TPSA) is 34.1 Å². The Bertz CT molecular complexity index is 640. The Morgan fingerprint density at radius 1 is 0.947 bits per heavy atom. The Hall–Kier alpha value is -1.33. The molecule has 0 unspecified atom stereocenters. The third kappa shape index (κ3) is 3.81. The summed E-state index contributed by atoms with van der Waals surface area (Å²) in [4.78, 5) is 0.787. The largest absolute Gasteiger partial charge is 0.224 e. The van der Waals surface area contributed by atoms with Crippen LogP contribution >= 0.6 is 11.8 Å². The second kappa shape index (κ2) is 6.21. The van der Waals surface area contributed by atoms with Crippen LogP contribution in [0, 0.1) is 5.82 Å². The average molecular weight is 296 g/mol. The summed E-state index contributed by atoms with van der Waals surface area (Å²) in [6.07, 6.45) is 0. The van der Waals surface area contributed by atoms with Crippen LogP contribution in [0.25, 0.3) is 0 Å². The quantitative estimate of drug-likeness (QED) is 0.793. The van der Waals surface area contributed by atoms with E-state index in [9.17, 15) is 12.8 Å². The second-order valence-corrected chi connectivity index (χ2v) is 7.16. The van der Waals surface area contributed by atoms with Crippen molar-refractivity contribution in [1.82, 2.24) is 0 Å². The molecule has 0 fully saturated rings. The molecule has 19 heavy (non-hydrogen) atoms. The van der Waals surface area contributed by atoms with Gasteiger partial charge in [0, 0.05) is 10.6 Å².